The highest BCUT2D eigenvalue weighted by Crippen LogP contribution is 2.05. The first kappa shape index (κ1) is 7.95. The van der Waals surface area contributed by atoms with Crippen molar-refractivity contribution in [1.82, 2.24) is 0 Å². The van der Waals surface area contributed by atoms with Gasteiger partial charge in [-0.3, -0.25) is 4.79 Å². The zero-order valence-electron chi connectivity index (χ0n) is 4.56. The van der Waals surface area contributed by atoms with Gasteiger partial charge in [0.25, 0.3) is 0 Å². The molecule has 0 aliphatic heterocycles. The van der Waals surface area contributed by atoms with Gasteiger partial charge in [-0.25, -0.2) is 0 Å². The van der Waals surface area contributed by atoms with E-state index in [1.165, 1.54) is 0 Å². The van der Waals surface area contributed by atoms with E-state index in [4.69, 9.17) is 5.73 Å². The van der Waals surface area contributed by atoms with Crippen LogP contribution in [0.15, 0.2) is 0 Å². The van der Waals surface area contributed by atoms with Crippen LogP contribution in [0.5, 0.6) is 0 Å². The molecule has 0 aromatic rings. The van der Waals surface area contributed by atoms with Gasteiger partial charge in [0.15, 0.2) is 0 Å². The van der Waals surface area contributed by atoms with Crippen molar-refractivity contribution in [2.75, 3.05) is 0 Å². The molecule has 3 heteroatoms. The number of hydrogen-bond acceptors (Lipinski definition) is 1. The fourth-order valence-electron chi connectivity index (χ4n) is 0.321. The summed E-state index contributed by atoms with van der Waals surface area (Å²) in [6.07, 6.45) is 1.45. The largest absolute Gasteiger partial charge is 0.369 e. The Bertz CT molecular complexity index is 84.5. The molecule has 0 saturated carbocycles. The molecular weight excluding hydrogens is 170 g/mol. The van der Waals surface area contributed by atoms with Crippen LogP contribution in [-0.2, 0) is 4.79 Å². The molecule has 1 radical (unpaired) electrons. The molecule has 0 aliphatic rings. The van der Waals surface area contributed by atoms with Crippen LogP contribution in [0.2, 0.25) is 0 Å². The Hall–Kier alpha value is -0.0500. The summed E-state index contributed by atoms with van der Waals surface area (Å²) >= 11 is 3.09. The number of halogens is 1. The number of nitrogens with two attached hydrogens (primary N) is 1. The van der Waals surface area contributed by atoms with Crippen LogP contribution in [0.25, 0.3) is 0 Å². The second-order valence-electron chi connectivity index (χ2n) is 1.51. The Kier molecular flexibility index (Phi) is 3.87. The second kappa shape index (κ2) is 3.89. The Morgan fingerprint density at radius 1 is 1.88 bits per heavy atom. The van der Waals surface area contributed by atoms with Crippen molar-refractivity contribution in [1.29, 1.82) is 0 Å². The minimum Gasteiger partial charge on any atom is -0.369 e. The van der Waals surface area contributed by atoms with Crippen LogP contribution < -0.4 is 5.73 Å². The number of hydrogen-bond donors (Lipinski definition) is 1. The summed E-state index contributed by atoms with van der Waals surface area (Å²) in [4.78, 5) is 10.0. The SMILES string of the molecule is [CH2]CCC(Br)C(N)=O. The van der Waals surface area contributed by atoms with Crippen LogP contribution in [0.1, 0.15) is 12.8 Å². The van der Waals surface area contributed by atoms with E-state index in [9.17, 15) is 4.79 Å². The lowest BCUT2D eigenvalue weighted by Crippen LogP contribution is -2.22. The van der Waals surface area contributed by atoms with E-state index in [2.05, 4.69) is 22.9 Å². The number of carbonyl (C=O) groups is 1. The van der Waals surface area contributed by atoms with E-state index in [1.807, 2.05) is 0 Å². The molecule has 0 aromatic carbocycles. The van der Waals surface area contributed by atoms with Crippen molar-refractivity contribution in [2.45, 2.75) is 17.7 Å². The highest BCUT2D eigenvalue weighted by atomic mass is 79.9. The summed E-state index contributed by atoms with van der Waals surface area (Å²) in [5, 5.41) is 0. The van der Waals surface area contributed by atoms with E-state index < -0.39 is 0 Å². The van der Waals surface area contributed by atoms with Crippen molar-refractivity contribution in [3.8, 4) is 0 Å². The molecule has 2 nitrogen and oxygen atoms in total. The zero-order chi connectivity index (χ0) is 6.57. The normalized spacial score (nSPS) is 13.2. The fraction of sp³-hybridized carbons (Fsp3) is 0.600. The lowest BCUT2D eigenvalue weighted by atomic mass is 10.2. The van der Waals surface area contributed by atoms with Crippen molar-refractivity contribution < 1.29 is 4.79 Å². The molecule has 1 atom stereocenters. The molecule has 0 aromatic heterocycles. The molecular formula is C5H9BrNO. The second-order valence-corrected chi connectivity index (χ2v) is 2.62. The maximum atomic E-state index is 10.2. The summed E-state index contributed by atoms with van der Waals surface area (Å²) in [6, 6.07) is 0. The maximum Gasteiger partial charge on any atom is 0.231 e. The van der Waals surface area contributed by atoms with Gasteiger partial charge in [0.2, 0.25) is 5.91 Å². The third-order valence-electron chi connectivity index (χ3n) is 0.766. The van der Waals surface area contributed by atoms with Crippen molar-refractivity contribution in [2.24, 2.45) is 5.73 Å². The molecule has 47 valence electrons. The van der Waals surface area contributed by atoms with E-state index in [0.29, 0.717) is 0 Å². The summed E-state index contributed by atoms with van der Waals surface area (Å²) in [7, 11) is 0. The molecule has 0 fully saturated rings. The number of alkyl halides is 1. The highest BCUT2D eigenvalue weighted by molar-refractivity contribution is 9.10. The summed E-state index contributed by atoms with van der Waals surface area (Å²) < 4.78 is 0. The van der Waals surface area contributed by atoms with Crippen LogP contribution in [0, 0.1) is 6.92 Å². The first-order valence-electron chi connectivity index (χ1n) is 2.41. The van der Waals surface area contributed by atoms with Gasteiger partial charge >= 0.3 is 0 Å². The quantitative estimate of drug-likeness (QED) is 0.641. The molecule has 1 unspecified atom stereocenters. The molecule has 0 rings (SSSR count). The lowest BCUT2D eigenvalue weighted by Gasteiger charge is -1.99. The van der Waals surface area contributed by atoms with E-state index in [0.717, 1.165) is 12.8 Å². The van der Waals surface area contributed by atoms with E-state index in [-0.39, 0.29) is 10.7 Å². The highest BCUT2D eigenvalue weighted by Gasteiger charge is 2.07. The van der Waals surface area contributed by atoms with Gasteiger partial charge in [-0.15, -0.1) is 0 Å². The smallest absolute Gasteiger partial charge is 0.231 e. The lowest BCUT2D eigenvalue weighted by molar-refractivity contribution is -0.117. The predicted octanol–water partition coefficient (Wildman–Crippen LogP) is 0.849. The summed E-state index contributed by atoms with van der Waals surface area (Å²) in [6.45, 7) is 3.57. The van der Waals surface area contributed by atoms with E-state index in [1.54, 1.807) is 0 Å². The Balaban J connectivity index is 3.32. The van der Waals surface area contributed by atoms with Crippen LogP contribution in [0.3, 0.4) is 0 Å². The van der Waals surface area contributed by atoms with Gasteiger partial charge in [-0.1, -0.05) is 29.3 Å². The van der Waals surface area contributed by atoms with Crippen molar-refractivity contribution >= 4 is 21.8 Å². The minimum absolute atomic E-state index is 0.194. The number of carbonyl (C=O) groups excluding carboxylic acids is 1. The predicted molar refractivity (Wildman–Crippen MR) is 36.5 cm³/mol. The molecule has 8 heavy (non-hydrogen) atoms. The van der Waals surface area contributed by atoms with Crippen molar-refractivity contribution in [3.05, 3.63) is 6.92 Å². The number of rotatable bonds is 3. The van der Waals surface area contributed by atoms with Crippen molar-refractivity contribution in [3.63, 3.8) is 0 Å². The third kappa shape index (κ3) is 3.02. The average molecular weight is 179 g/mol. The van der Waals surface area contributed by atoms with Gasteiger partial charge in [0.1, 0.15) is 0 Å². The minimum atomic E-state index is -0.311. The third-order valence-corrected chi connectivity index (χ3v) is 1.68. The first-order chi connectivity index (χ1) is 3.68. The molecule has 0 aliphatic carbocycles. The van der Waals surface area contributed by atoms with Crippen LogP contribution >= 0.6 is 15.9 Å². The monoisotopic (exact) mass is 178 g/mol. The topological polar surface area (TPSA) is 43.1 Å². The zero-order valence-corrected chi connectivity index (χ0v) is 6.15. The molecule has 1 amide bonds. The summed E-state index contributed by atoms with van der Waals surface area (Å²) in [5.74, 6) is -0.311. The average Bonchev–Trinajstić information content (AvgIpc) is 1.67. The summed E-state index contributed by atoms with van der Waals surface area (Å²) in [5.41, 5.74) is 4.91. The van der Waals surface area contributed by atoms with Crippen LogP contribution in [0.4, 0.5) is 0 Å². The standard InChI is InChI=1S/C5H9BrNO/c1-2-3-4(6)5(7)8/h4H,1-3H2,(H2,7,8). The molecule has 0 saturated heterocycles. The number of primary amides is 1. The maximum absolute atomic E-state index is 10.2. The molecule has 2 N–H and O–H groups in total. The Morgan fingerprint density at radius 2 is 2.38 bits per heavy atom. The van der Waals surface area contributed by atoms with Gasteiger partial charge in [0, 0.05) is 0 Å². The number of amides is 1. The van der Waals surface area contributed by atoms with Gasteiger partial charge in [-0.2, -0.15) is 0 Å². The van der Waals surface area contributed by atoms with E-state index >= 15 is 0 Å². The molecule has 0 heterocycles. The molecule has 0 bridgehead atoms. The Labute approximate surface area is 57.6 Å². The van der Waals surface area contributed by atoms with Gasteiger partial charge < -0.3 is 5.73 Å². The van der Waals surface area contributed by atoms with Gasteiger partial charge in [-0.05, 0) is 6.42 Å². The van der Waals surface area contributed by atoms with Gasteiger partial charge in [0.05, 0.1) is 4.83 Å². The first-order valence-corrected chi connectivity index (χ1v) is 3.32. The molecule has 0 spiro atoms. The fourth-order valence-corrected chi connectivity index (χ4v) is 0.645. The Morgan fingerprint density at radius 3 is 2.50 bits per heavy atom. The van der Waals surface area contributed by atoms with Crippen LogP contribution in [-0.4, -0.2) is 10.7 Å².